The van der Waals surface area contributed by atoms with Gasteiger partial charge in [-0.3, -0.25) is 9.59 Å². The molecule has 40 heavy (non-hydrogen) atoms. The maximum absolute atomic E-state index is 11.0. The first-order valence-electron chi connectivity index (χ1n) is 13.4. The third-order valence-corrected chi connectivity index (χ3v) is 9.60. The van der Waals surface area contributed by atoms with E-state index in [1.54, 1.807) is 0 Å². The van der Waals surface area contributed by atoms with Gasteiger partial charge in [-0.1, -0.05) is 42.5 Å². The molecule has 0 fully saturated rings. The van der Waals surface area contributed by atoms with Gasteiger partial charge in [-0.25, -0.2) is 9.97 Å². The number of carbonyl (C=O) groups excluding carboxylic acids is 2. The lowest BCUT2D eigenvalue weighted by Crippen LogP contribution is -2.12. The third-order valence-electron chi connectivity index (χ3n) is 8.34. The van der Waals surface area contributed by atoms with E-state index >= 15 is 0 Å². The zero-order valence-electron chi connectivity index (χ0n) is 21.5. The Morgan fingerprint density at radius 2 is 1.32 bits per heavy atom. The van der Waals surface area contributed by atoms with E-state index in [-0.39, 0.29) is 17.2 Å². The number of H-pyrrole nitrogens is 2. The molecule has 194 valence electrons. The van der Waals surface area contributed by atoms with Crippen LogP contribution in [-0.4, -0.2) is 32.0 Å². The number of carbonyl (C=O) groups is 2. The van der Waals surface area contributed by atoms with E-state index < -0.39 is 0 Å². The van der Waals surface area contributed by atoms with Gasteiger partial charge in [0.1, 0.15) is 23.2 Å². The summed E-state index contributed by atoms with van der Waals surface area (Å²) < 4.78 is 0. The number of rotatable bonds is 5. The monoisotopic (exact) mass is 558 g/mol. The van der Waals surface area contributed by atoms with Gasteiger partial charge < -0.3 is 9.97 Å². The molecule has 2 aliphatic carbocycles. The number of hydrogen-bond donors (Lipinski definition) is 2. The van der Waals surface area contributed by atoms with Crippen molar-refractivity contribution >= 4 is 62.2 Å². The highest BCUT2D eigenvalue weighted by Crippen LogP contribution is 2.44. The zero-order valence-corrected chi connectivity index (χ0v) is 23.5. The molecule has 2 unspecified atom stereocenters. The number of aromatic amines is 2. The summed E-state index contributed by atoms with van der Waals surface area (Å²) in [4.78, 5) is 37.9. The van der Waals surface area contributed by atoms with Gasteiger partial charge in [-0.05, 0) is 93.6 Å². The topological polar surface area (TPSA) is 91.5 Å². The van der Waals surface area contributed by atoms with Crippen LogP contribution >= 0.6 is 17.2 Å². The van der Waals surface area contributed by atoms with Crippen LogP contribution in [0, 0.1) is 0 Å². The Labute approximate surface area is 233 Å². The Balaban J connectivity index is 1.18. The summed E-state index contributed by atoms with van der Waals surface area (Å²) in [5, 5.41) is 2.56. The number of fused-ring (bicyclic) bond motifs is 10. The maximum atomic E-state index is 11.0. The normalized spacial score (nSPS) is 14.1. The molecule has 8 heteroatoms. The second kappa shape index (κ2) is 9.30. The predicted molar refractivity (Wildman–Crippen MR) is 166 cm³/mol. The molecule has 4 aromatic carbocycles. The van der Waals surface area contributed by atoms with Crippen molar-refractivity contribution < 1.29 is 9.59 Å². The first-order chi connectivity index (χ1) is 19.7. The first-order valence-corrected chi connectivity index (χ1v) is 15.6. The molecule has 8 rings (SSSR count). The summed E-state index contributed by atoms with van der Waals surface area (Å²) in [5.74, 6) is 0. The van der Waals surface area contributed by atoms with Crippen LogP contribution in [0.25, 0.3) is 55.3 Å². The lowest BCUT2D eigenvalue weighted by Gasteiger charge is -2.27. The standard InChI is InChI=1S/C32H24N4O2P2/c37-15-39-31-33-27-11-3-18(14-29(27)35-31)17-1-4-20-19(13-17)2-5-22-21(20)6-7-24-23(22)8-9-26-25(24)10-12-28-30(26)36-32(34-28)40-16-38/h1-5,8-9,11,13-16,39-40H,6-7,10,12H2,(H,33,35)(H,34,36). The maximum Gasteiger partial charge on any atom is 0.146 e. The summed E-state index contributed by atoms with van der Waals surface area (Å²) in [6.45, 7) is 0. The molecular formula is C32H24N4O2P2. The smallest absolute Gasteiger partial charge is 0.146 e. The highest BCUT2D eigenvalue weighted by Gasteiger charge is 2.27. The quantitative estimate of drug-likeness (QED) is 0.212. The minimum absolute atomic E-state index is 0.0415. The molecule has 2 heterocycles. The van der Waals surface area contributed by atoms with E-state index in [0.717, 1.165) is 82.4 Å². The SMILES string of the molecule is O=CPc1nc2c([nH]1)CCc1c-2ccc2c1CCc1c-2ccc2cc(-c3ccc4nc(PC=O)[nH]c4c3)ccc12. The Kier molecular flexibility index (Phi) is 5.55. The third kappa shape index (κ3) is 3.71. The zero-order chi connectivity index (χ0) is 26.8. The second-order valence-corrected chi connectivity index (χ2v) is 12.4. The van der Waals surface area contributed by atoms with E-state index in [1.807, 2.05) is 6.07 Å². The van der Waals surface area contributed by atoms with E-state index in [4.69, 9.17) is 4.98 Å². The van der Waals surface area contributed by atoms with Gasteiger partial charge in [0.25, 0.3) is 0 Å². The minimum Gasteiger partial charge on any atom is -0.341 e. The molecule has 0 spiro atoms. The van der Waals surface area contributed by atoms with Crippen LogP contribution in [-0.2, 0) is 35.3 Å². The van der Waals surface area contributed by atoms with Gasteiger partial charge in [0.15, 0.2) is 0 Å². The van der Waals surface area contributed by atoms with Crippen LogP contribution < -0.4 is 11.1 Å². The first kappa shape index (κ1) is 23.9. The summed E-state index contributed by atoms with van der Waals surface area (Å²) in [5.41, 5.74) is 16.0. The van der Waals surface area contributed by atoms with Crippen LogP contribution in [0.2, 0.25) is 0 Å². The van der Waals surface area contributed by atoms with Crippen LogP contribution in [0.3, 0.4) is 0 Å². The number of imidazole rings is 2. The van der Waals surface area contributed by atoms with Crippen molar-refractivity contribution in [3.63, 3.8) is 0 Å². The number of hydrogen-bond acceptors (Lipinski definition) is 4. The minimum atomic E-state index is 0.0415. The van der Waals surface area contributed by atoms with Gasteiger partial charge in [0.2, 0.25) is 0 Å². The average Bonchev–Trinajstić information content (AvgIpc) is 3.59. The van der Waals surface area contributed by atoms with Gasteiger partial charge in [-0.2, -0.15) is 0 Å². The predicted octanol–water partition coefficient (Wildman–Crippen LogP) is 5.63. The molecule has 0 aliphatic heterocycles. The molecular weight excluding hydrogens is 534 g/mol. The highest BCUT2D eigenvalue weighted by molar-refractivity contribution is 7.62. The number of benzene rings is 4. The molecule has 0 saturated carbocycles. The molecule has 2 atom stereocenters. The fraction of sp³-hybridized carbons (Fsp3) is 0.125. The molecule has 6 aromatic rings. The van der Waals surface area contributed by atoms with Crippen molar-refractivity contribution in [1.29, 1.82) is 0 Å². The van der Waals surface area contributed by atoms with Crippen molar-refractivity contribution in [1.82, 2.24) is 19.9 Å². The Morgan fingerprint density at radius 3 is 2.20 bits per heavy atom. The molecule has 0 bridgehead atoms. The largest absolute Gasteiger partial charge is 0.341 e. The fourth-order valence-electron chi connectivity index (χ4n) is 6.58. The molecule has 2 aliphatic rings. The Bertz CT molecular complexity index is 2020. The van der Waals surface area contributed by atoms with E-state index in [0.29, 0.717) is 0 Å². The van der Waals surface area contributed by atoms with Crippen LogP contribution in [0.15, 0.2) is 60.7 Å². The summed E-state index contributed by atoms with van der Waals surface area (Å²) in [6.07, 6.45) is 3.98. The number of aryl methyl sites for hydroxylation is 2. The van der Waals surface area contributed by atoms with Gasteiger partial charge in [0.05, 0.1) is 16.7 Å². The van der Waals surface area contributed by atoms with Gasteiger partial charge in [0, 0.05) is 28.4 Å². The van der Waals surface area contributed by atoms with Crippen LogP contribution in [0.5, 0.6) is 0 Å². The Hall–Kier alpha value is -3.98. The molecule has 0 amide bonds. The molecule has 0 radical (unpaired) electrons. The fourth-order valence-corrected chi connectivity index (χ4v) is 7.60. The Morgan fingerprint density at radius 1 is 0.650 bits per heavy atom. The van der Waals surface area contributed by atoms with Crippen molar-refractivity contribution in [2.24, 2.45) is 0 Å². The van der Waals surface area contributed by atoms with Crippen LogP contribution in [0.1, 0.15) is 22.4 Å². The molecule has 2 aromatic heterocycles. The average molecular weight is 559 g/mol. The summed E-state index contributed by atoms with van der Waals surface area (Å²) in [6, 6.07) is 23.9. The van der Waals surface area contributed by atoms with E-state index in [1.165, 1.54) is 44.2 Å². The number of nitrogens with one attached hydrogen (secondary N) is 2. The molecule has 0 saturated heterocycles. The number of nitrogens with zero attached hydrogens (tertiary/aromatic N) is 2. The summed E-state index contributed by atoms with van der Waals surface area (Å²) >= 11 is 0. The lowest BCUT2D eigenvalue weighted by atomic mass is 9.77. The van der Waals surface area contributed by atoms with Crippen molar-refractivity contribution in [3.8, 4) is 33.5 Å². The molecule has 6 nitrogen and oxygen atoms in total. The van der Waals surface area contributed by atoms with Crippen molar-refractivity contribution in [2.45, 2.75) is 25.7 Å². The van der Waals surface area contributed by atoms with E-state index in [2.05, 4.69) is 69.5 Å². The van der Waals surface area contributed by atoms with E-state index in [9.17, 15) is 9.59 Å². The van der Waals surface area contributed by atoms with Gasteiger partial charge in [-0.15, -0.1) is 0 Å². The van der Waals surface area contributed by atoms with Crippen molar-refractivity contribution in [3.05, 3.63) is 83.0 Å². The highest BCUT2D eigenvalue weighted by atomic mass is 31.1. The number of aromatic nitrogens is 4. The summed E-state index contributed by atoms with van der Waals surface area (Å²) in [7, 11) is 0.112. The van der Waals surface area contributed by atoms with Crippen molar-refractivity contribution in [2.75, 3.05) is 0 Å². The van der Waals surface area contributed by atoms with Crippen LogP contribution in [0.4, 0.5) is 0 Å². The van der Waals surface area contributed by atoms with Gasteiger partial charge >= 0.3 is 0 Å². The lowest BCUT2D eigenvalue weighted by molar-refractivity contribution is 0.569. The molecule has 2 N–H and O–H groups in total. The second-order valence-electron chi connectivity index (χ2n) is 10.4.